The molecule has 0 spiro atoms. The van der Waals surface area contributed by atoms with Crippen molar-refractivity contribution in [3.05, 3.63) is 41.6 Å². The van der Waals surface area contributed by atoms with Crippen LogP contribution < -0.4 is 0 Å². The highest BCUT2D eigenvalue weighted by Crippen LogP contribution is 2.30. The Balaban J connectivity index is 2.12. The zero-order valence-corrected chi connectivity index (χ0v) is 14.2. The molecule has 0 aliphatic heterocycles. The number of aromatic nitrogens is 4. The molecular formula is C14H10ClF3N4O2S. The average molecular weight is 391 g/mol. The number of alkyl halides is 3. The van der Waals surface area contributed by atoms with Crippen LogP contribution >= 0.6 is 11.6 Å². The third-order valence-electron chi connectivity index (χ3n) is 3.46. The summed E-state index contributed by atoms with van der Waals surface area (Å²) >= 11 is 5.85. The minimum absolute atomic E-state index is 0.0133. The third kappa shape index (κ3) is 3.31. The van der Waals surface area contributed by atoms with Crippen molar-refractivity contribution in [2.75, 3.05) is 5.75 Å². The Morgan fingerprint density at radius 1 is 1.16 bits per heavy atom. The van der Waals surface area contributed by atoms with E-state index in [1.54, 1.807) is 0 Å². The van der Waals surface area contributed by atoms with Crippen molar-refractivity contribution in [3.63, 3.8) is 0 Å². The predicted molar refractivity (Wildman–Crippen MR) is 84.0 cm³/mol. The van der Waals surface area contributed by atoms with E-state index in [1.807, 2.05) is 0 Å². The molecule has 0 fully saturated rings. The highest BCUT2D eigenvalue weighted by molar-refractivity contribution is 7.91. The number of pyridine rings is 1. The molecule has 0 N–H and O–H groups in total. The summed E-state index contributed by atoms with van der Waals surface area (Å²) in [5, 5.41) is 3.27. The van der Waals surface area contributed by atoms with Gasteiger partial charge < -0.3 is 0 Å². The van der Waals surface area contributed by atoms with Crippen LogP contribution in [0.5, 0.6) is 0 Å². The van der Waals surface area contributed by atoms with E-state index in [-0.39, 0.29) is 21.4 Å². The highest BCUT2D eigenvalue weighted by Gasteiger charge is 2.34. The quantitative estimate of drug-likeness (QED) is 0.641. The van der Waals surface area contributed by atoms with E-state index in [9.17, 15) is 21.6 Å². The van der Waals surface area contributed by atoms with Crippen LogP contribution in [0.25, 0.3) is 16.8 Å². The number of nitrogens with zero attached hydrogens (tertiary/aromatic N) is 4. The lowest BCUT2D eigenvalue weighted by Crippen LogP contribution is -2.06. The lowest BCUT2D eigenvalue weighted by Gasteiger charge is -2.07. The van der Waals surface area contributed by atoms with Gasteiger partial charge in [-0.25, -0.2) is 22.9 Å². The maximum atomic E-state index is 12.7. The fraction of sp³-hybridized carbons (Fsp3) is 0.214. The maximum Gasteiger partial charge on any atom is 0.435 e. The van der Waals surface area contributed by atoms with E-state index in [1.165, 1.54) is 31.6 Å². The zero-order chi connectivity index (χ0) is 18.4. The van der Waals surface area contributed by atoms with Crippen molar-refractivity contribution in [3.8, 4) is 11.1 Å². The van der Waals surface area contributed by atoms with Gasteiger partial charge in [-0.2, -0.15) is 18.3 Å². The van der Waals surface area contributed by atoms with Gasteiger partial charge in [-0.1, -0.05) is 18.5 Å². The van der Waals surface area contributed by atoms with Gasteiger partial charge in [0.05, 0.1) is 5.75 Å². The lowest BCUT2D eigenvalue weighted by molar-refractivity contribution is -0.141. The Morgan fingerprint density at radius 3 is 2.48 bits per heavy atom. The molecule has 0 saturated carbocycles. The van der Waals surface area contributed by atoms with Gasteiger partial charge >= 0.3 is 6.18 Å². The van der Waals surface area contributed by atoms with Crippen LogP contribution in [0.2, 0.25) is 5.15 Å². The first-order chi connectivity index (χ1) is 11.6. The molecule has 3 aromatic heterocycles. The second kappa shape index (κ2) is 5.95. The van der Waals surface area contributed by atoms with Crippen LogP contribution in [0.15, 0.2) is 35.6 Å². The van der Waals surface area contributed by atoms with Crippen molar-refractivity contribution in [2.24, 2.45) is 0 Å². The summed E-state index contributed by atoms with van der Waals surface area (Å²) in [4.78, 5) is 7.61. The molecule has 0 amide bonds. The predicted octanol–water partition coefficient (Wildman–Crippen LogP) is 3.26. The normalized spacial score (nSPS) is 12.7. The summed E-state index contributed by atoms with van der Waals surface area (Å²) in [6, 6.07) is 2.13. The molecule has 11 heteroatoms. The Labute approximate surface area is 145 Å². The fourth-order valence-corrected chi connectivity index (χ4v) is 3.51. The van der Waals surface area contributed by atoms with Crippen molar-refractivity contribution in [1.29, 1.82) is 0 Å². The minimum atomic E-state index is -4.59. The summed E-state index contributed by atoms with van der Waals surface area (Å²) in [6.07, 6.45) is -0.651. The van der Waals surface area contributed by atoms with Crippen molar-refractivity contribution in [2.45, 2.75) is 18.0 Å². The standard InChI is InChI=1S/C14H10ClF3N4O2S/c1-2-25(23,24)10-3-8(5-20-13(10)15)9-6-19-12-4-11(14(16,17)18)21-22(12)7-9/h3-7H,2H2,1H3. The van der Waals surface area contributed by atoms with Crippen LogP contribution in [0, 0.1) is 0 Å². The topological polar surface area (TPSA) is 77.2 Å². The minimum Gasteiger partial charge on any atom is -0.243 e. The molecule has 3 aromatic rings. The molecule has 3 rings (SSSR count). The van der Waals surface area contributed by atoms with Crippen LogP contribution in [-0.4, -0.2) is 33.8 Å². The molecule has 0 radical (unpaired) electrons. The van der Waals surface area contributed by atoms with Gasteiger partial charge in [0.15, 0.2) is 21.2 Å². The van der Waals surface area contributed by atoms with E-state index in [2.05, 4.69) is 15.1 Å². The Bertz CT molecular complexity index is 1060. The second-order valence-corrected chi connectivity index (χ2v) is 7.69. The van der Waals surface area contributed by atoms with Crippen LogP contribution in [-0.2, 0) is 16.0 Å². The summed E-state index contributed by atoms with van der Waals surface area (Å²) in [5.41, 5.74) is -0.365. The summed E-state index contributed by atoms with van der Waals surface area (Å²) in [5.74, 6) is -0.163. The highest BCUT2D eigenvalue weighted by atomic mass is 35.5. The summed E-state index contributed by atoms with van der Waals surface area (Å²) in [6.45, 7) is 1.47. The molecule has 0 unspecified atom stereocenters. The molecule has 132 valence electrons. The Hall–Kier alpha value is -2.20. The van der Waals surface area contributed by atoms with Gasteiger partial charge in [-0.05, 0) is 6.07 Å². The van der Waals surface area contributed by atoms with Gasteiger partial charge in [-0.3, -0.25) is 0 Å². The molecule has 0 bridgehead atoms. The van der Waals surface area contributed by atoms with Crippen LogP contribution in [0.3, 0.4) is 0 Å². The largest absolute Gasteiger partial charge is 0.435 e. The Kier molecular flexibility index (Phi) is 4.20. The van der Waals surface area contributed by atoms with Crippen LogP contribution in [0.1, 0.15) is 12.6 Å². The third-order valence-corrected chi connectivity index (χ3v) is 5.61. The number of sulfone groups is 1. The van der Waals surface area contributed by atoms with Crippen molar-refractivity contribution >= 4 is 27.1 Å². The molecular weight excluding hydrogens is 381 g/mol. The van der Waals surface area contributed by atoms with Crippen molar-refractivity contribution < 1.29 is 21.6 Å². The molecule has 6 nitrogen and oxygen atoms in total. The van der Waals surface area contributed by atoms with Gasteiger partial charge in [0.1, 0.15) is 10.0 Å². The molecule has 0 aromatic carbocycles. The number of rotatable bonds is 3. The second-order valence-electron chi connectivity index (χ2n) is 5.09. The molecule has 0 saturated heterocycles. The van der Waals surface area contributed by atoms with Gasteiger partial charge in [0, 0.05) is 35.8 Å². The van der Waals surface area contributed by atoms with Crippen LogP contribution in [0.4, 0.5) is 13.2 Å². The SMILES string of the molecule is CCS(=O)(=O)c1cc(-c2cnc3cc(C(F)(F)F)nn3c2)cnc1Cl. The first-order valence-corrected chi connectivity index (χ1v) is 8.96. The van der Waals surface area contributed by atoms with Gasteiger partial charge in [0.25, 0.3) is 0 Å². The number of hydrogen-bond acceptors (Lipinski definition) is 5. The Morgan fingerprint density at radius 2 is 1.84 bits per heavy atom. The number of hydrogen-bond donors (Lipinski definition) is 0. The summed E-state index contributed by atoms with van der Waals surface area (Å²) < 4.78 is 63.2. The summed E-state index contributed by atoms with van der Waals surface area (Å²) in [7, 11) is -3.60. The molecule has 0 aliphatic rings. The first kappa shape index (κ1) is 17.6. The van der Waals surface area contributed by atoms with E-state index in [4.69, 9.17) is 11.6 Å². The smallest absolute Gasteiger partial charge is 0.243 e. The first-order valence-electron chi connectivity index (χ1n) is 6.93. The fourth-order valence-electron chi connectivity index (χ4n) is 2.12. The molecule has 0 atom stereocenters. The van der Waals surface area contributed by atoms with E-state index in [0.29, 0.717) is 11.1 Å². The molecule has 3 heterocycles. The number of fused-ring (bicyclic) bond motifs is 1. The average Bonchev–Trinajstić information content (AvgIpc) is 2.98. The maximum absolute atomic E-state index is 12.7. The van der Waals surface area contributed by atoms with Crippen molar-refractivity contribution in [1.82, 2.24) is 19.6 Å². The molecule has 0 aliphatic carbocycles. The van der Waals surface area contributed by atoms with Gasteiger partial charge in [-0.15, -0.1) is 0 Å². The zero-order valence-electron chi connectivity index (χ0n) is 12.6. The van der Waals surface area contributed by atoms with E-state index < -0.39 is 21.7 Å². The van der Waals surface area contributed by atoms with E-state index >= 15 is 0 Å². The lowest BCUT2D eigenvalue weighted by atomic mass is 10.1. The van der Waals surface area contributed by atoms with E-state index in [0.717, 1.165) is 10.6 Å². The monoisotopic (exact) mass is 390 g/mol. The molecule has 25 heavy (non-hydrogen) atoms. The van der Waals surface area contributed by atoms with Gasteiger partial charge in [0.2, 0.25) is 0 Å². The number of halogens is 4.